The molecule has 0 bridgehead atoms. The van der Waals surface area contributed by atoms with Crippen LogP contribution in [0.4, 0.5) is 13.9 Å². The molecule has 3 aliphatic rings. The number of aryl methyl sites for hydroxylation is 4. The number of nitrogens with one attached hydrogen (secondary N) is 3. The number of hydrogen-bond acceptors (Lipinski definition) is 16. The fraction of sp³-hybridized carbons (Fsp3) is 0.344. The second kappa shape index (κ2) is 23.0. The zero-order valence-corrected chi connectivity index (χ0v) is 51.5. The second-order valence-electron chi connectivity index (χ2n) is 23.4. The van der Waals surface area contributed by atoms with E-state index >= 15 is 0 Å². The number of thiazole rings is 3. The van der Waals surface area contributed by atoms with Gasteiger partial charge in [0.15, 0.2) is 33.8 Å². The molecule has 0 aliphatic carbocycles. The zero-order valence-electron chi connectivity index (χ0n) is 49.1. The molecule has 2 saturated heterocycles. The van der Waals surface area contributed by atoms with Crippen molar-refractivity contribution in [3.63, 3.8) is 0 Å². The van der Waals surface area contributed by atoms with Crippen LogP contribution in [0.25, 0.3) is 92.1 Å². The third-order valence-corrected chi connectivity index (χ3v) is 19.6. The Hall–Kier alpha value is -7.66. The Bertz CT molecular complexity index is 4530. The van der Waals surface area contributed by atoms with E-state index in [2.05, 4.69) is 133 Å². The molecule has 11 heterocycles. The molecule has 4 aromatic carbocycles. The lowest BCUT2D eigenvalue weighted by Gasteiger charge is -2.40. The highest BCUT2D eigenvalue weighted by atomic mass is 32.1. The Balaban J connectivity index is 0.000000119. The summed E-state index contributed by atoms with van der Waals surface area (Å²) in [6.07, 6.45) is 13.2. The third-order valence-electron chi connectivity index (χ3n) is 16.3. The number of piperidine rings is 2. The average molecular weight is 1200 g/mol. The van der Waals surface area contributed by atoms with Gasteiger partial charge < -0.3 is 25.6 Å². The molecule has 0 spiro atoms. The number of anilines is 1. The van der Waals surface area contributed by atoms with E-state index in [1.54, 1.807) is 44.9 Å². The summed E-state index contributed by atoms with van der Waals surface area (Å²) in [6.45, 7) is 16.5. The van der Waals surface area contributed by atoms with Gasteiger partial charge in [-0.3, -0.25) is 4.68 Å². The van der Waals surface area contributed by atoms with Crippen LogP contribution < -0.4 is 25.6 Å². The summed E-state index contributed by atoms with van der Waals surface area (Å²) >= 11 is 4.93. The van der Waals surface area contributed by atoms with Crippen LogP contribution in [0.15, 0.2) is 97.5 Å². The van der Waals surface area contributed by atoms with Crippen molar-refractivity contribution in [1.82, 2.24) is 69.9 Å². The molecule has 2 unspecified atom stereocenters. The lowest BCUT2D eigenvalue weighted by atomic mass is 9.89. The number of hydrogen-bond donors (Lipinski definition) is 3. The number of aromatic nitrogens is 11. The van der Waals surface area contributed by atoms with Crippen LogP contribution in [0.3, 0.4) is 0 Å². The minimum absolute atomic E-state index is 0.184. The van der Waals surface area contributed by atoms with E-state index < -0.39 is 0 Å². The first-order chi connectivity index (χ1) is 41.0. The summed E-state index contributed by atoms with van der Waals surface area (Å²) in [5.41, 5.74) is 14.1. The van der Waals surface area contributed by atoms with Crippen molar-refractivity contribution in [2.75, 3.05) is 45.2 Å². The molecular weight excluding hydrogens is 1130 g/mol. The van der Waals surface area contributed by atoms with Gasteiger partial charge >= 0.3 is 0 Å². The van der Waals surface area contributed by atoms with Crippen molar-refractivity contribution >= 4 is 97.6 Å². The Morgan fingerprint density at radius 1 is 0.706 bits per heavy atom. The van der Waals surface area contributed by atoms with Crippen molar-refractivity contribution in [3.8, 4) is 39.4 Å². The molecule has 12 aromatic rings. The molecule has 3 atom stereocenters. The zero-order chi connectivity index (χ0) is 58.8. The largest absolute Gasteiger partial charge is 0.493 e. The number of nitrogens with zero attached hydrogens (tertiary/aromatic N) is 12. The van der Waals surface area contributed by atoms with Crippen LogP contribution in [-0.4, -0.2) is 112 Å². The van der Waals surface area contributed by atoms with E-state index in [0.717, 1.165) is 122 Å². The summed E-state index contributed by atoms with van der Waals surface area (Å²) in [5, 5.41) is 28.3. The molecule has 8 aromatic heterocycles. The maximum absolute atomic E-state index is 14.8. The topological polar surface area (TPSA) is 165 Å². The molecule has 0 radical (unpaired) electrons. The number of imidazole rings is 2. The molecule has 436 valence electrons. The van der Waals surface area contributed by atoms with Crippen LogP contribution in [0, 0.1) is 32.4 Å². The van der Waals surface area contributed by atoms with Gasteiger partial charge in [0.05, 0.1) is 72.4 Å². The Kier molecular flexibility index (Phi) is 15.3. The predicted molar refractivity (Wildman–Crippen MR) is 342 cm³/mol. The molecule has 85 heavy (non-hydrogen) atoms. The summed E-state index contributed by atoms with van der Waals surface area (Å²) in [4.78, 5) is 25.3. The Morgan fingerprint density at radius 2 is 1.46 bits per heavy atom. The van der Waals surface area contributed by atoms with E-state index in [1.165, 1.54) is 55.8 Å². The number of ether oxygens (including phenoxy) is 1. The molecule has 3 N–H and O–H groups in total. The van der Waals surface area contributed by atoms with Gasteiger partial charge in [-0.05, 0) is 176 Å². The molecule has 21 heteroatoms. The maximum Gasteiger partial charge on any atom is 0.196 e. The first-order valence-electron chi connectivity index (χ1n) is 28.9. The number of methoxy groups -OCH3 is 1. The summed E-state index contributed by atoms with van der Waals surface area (Å²) < 4.78 is 43.3. The van der Waals surface area contributed by atoms with Gasteiger partial charge in [0.1, 0.15) is 16.0 Å². The van der Waals surface area contributed by atoms with Gasteiger partial charge in [-0.15, -0.1) is 22.7 Å². The van der Waals surface area contributed by atoms with Crippen molar-refractivity contribution in [2.45, 2.75) is 97.2 Å². The van der Waals surface area contributed by atoms with Crippen LogP contribution in [0.2, 0.25) is 0 Å². The highest BCUT2D eigenvalue weighted by molar-refractivity contribution is 7.22. The molecule has 3 aliphatic heterocycles. The SMILES string of the molecule is COc1cc(-c2cc(F)c3nc(C4=CCNCC4)sc3c2)nn2cc(C)nc12.Cc1cc(-c2ccc3nc(N(C)C4CCNC(C)(C)C4)sc3c2)cc2cn(C)nc12.Cc1cn2nc(-c3cc(F)c4nc(C5CCN[C@H](C)C5)sc4c3)ccc2n1. The molecule has 2 fully saturated rings. The molecule has 15 rings (SSSR count). The van der Waals surface area contributed by atoms with Crippen molar-refractivity contribution in [2.24, 2.45) is 7.05 Å². The van der Waals surface area contributed by atoms with Crippen molar-refractivity contribution in [3.05, 3.63) is 136 Å². The van der Waals surface area contributed by atoms with Crippen LogP contribution >= 0.6 is 34.0 Å². The first-order valence-corrected chi connectivity index (χ1v) is 31.3. The van der Waals surface area contributed by atoms with Crippen molar-refractivity contribution < 1.29 is 13.5 Å². The number of halogens is 2. The second-order valence-corrected chi connectivity index (χ2v) is 26.5. The van der Waals surface area contributed by atoms with E-state index in [1.807, 2.05) is 62.2 Å². The average Bonchev–Trinajstić information content (AvgIpc) is 3.52. The van der Waals surface area contributed by atoms with Gasteiger partial charge in [0.25, 0.3) is 0 Å². The molecule has 0 saturated carbocycles. The third kappa shape index (κ3) is 11.6. The Labute approximate surface area is 503 Å². The number of fused-ring (bicyclic) bond motifs is 6. The van der Waals surface area contributed by atoms with E-state index in [-0.39, 0.29) is 17.2 Å². The van der Waals surface area contributed by atoms with Crippen LogP contribution in [0.5, 0.6) is 5.75 Å². The highest BCUT2D eigenvalue weighted by Gasteiger charge is 2.31. The smallest absolute Gasteiger partial charge is 0.196 e. The lowest BCUT2D eigenvalue weighted by Crippen LogP contribution is -2.52. The predicted octanol–water partition coefficient (Wildman–Crippen LogP) is 13.3. The summed E-state index contributed by atoms with van der Waals surface area (Å²) in [5.74, 6) is 0.385. The minimum atomic E-state index is -0.341. The van der Waals surface area contributed by atoms with Crippen molar-refractivity contribution in [1.29, 1.82) is 0 Å². The van der Waals surface area contributed by atoms with Gasteiger partial charge in [0, 0.05) is 73.0 Å². The normalized spacial score (nSPS) is 18.0. The van der Waals surface area contributed by atoms with Gasteiger partial charge in [0.2, 0.25) is 0 Å². The van der Waals surface area contributed by atoms with E-state index in [0.29, 0.717) is 51.7 Å². The first kappa shape index (κ1) is 56.5. The quantitative estimate of drug-likeness (QED) is 0.132. The van der Waals surface area contributed by atoms with E-state index in [4.69, 9.17) is 9.72 Å². The fourth-order valence-corrected chi connectivity index (χ4v) is 15.2. The molecule has 0 amide bonds. The summed E-state index contributed by atoms with van der Waals surface area (Å²) in [7, 11) is 5.77. The lowest BCUT2D eigenvalue weighted by molar-refractivity contribution is 0.271. The number of benzene rings is 4. The maximum atomic E-state index is 14.8. The monoisotopic (exact) mass is 1200 g/mol. The molecule has 16 nitrogen and oxygen atoms in total. The van der Waals surface area contributed by atoms with E-state index in [9.17, 15) is 8.78 Å². The van der Waals surface area contributed by atoms with Crippen LogP contribution in [0.1, 0.15) is 85.8 Å². The van der Waals surface area contributed by atoms with Gasteiger partial charge in [-0.1, -0.05) is 23.5 Å². The fourth-order valence-electron chi connectivity index (χ4n) is 12.0. The van der Waals surface area contributed by atoms with Gasteiger partial charge in [-0.2, -0.15) is 15.3 Å². The number of rotatable bonds is 8. The Morgan fingerprint density at radius 3 is 2.24 bits per heavy atom. The molecular formula is C64H67F2N15OS3. The standard InChI is InChI=1S/C24H29N5S.C20H18FN5OS.C20H20FN5S/c1-15-10-17(11-18-14-28(4)27-22(15)18)16-6-7-20-21(12-16)30-23(26-20)29(5)19-8-9-25-24(2,3)13-19;1-11-10-26-19(23-11)16(27-2)9-15(25-26)13-7-14(21)18-17(8-13)28-20(24-18)12-3-5-22-6-4-12;1-11-7-13(5-6-22-11)20-24-19-15(21)8-14(9-17(19)27-20)16-3-4-18-23-12(2)10-26(18)25-16/h6-7,10-12,14,19,25H,8-9,13H2,1-5H3;3,7-10,22H,4-6H2,1-2H3;3-4,8-11,13,22H,5-7H2,1-2H3/t;;11-,13?/m..1/s1. The minimum Gasteiger partial charge on any atom is -0.493 e. The highest BCUT2D eigenvalue weighted by Crippen LogP contribution is 2.40. The summed E-state index contributed by atoms with van der Waals surface area (Å²) in [6, 6.07) is 24.7. The van der Waals surface area contributed by atoms with Gasteiger partial charge in [-0.25, -0.2) is 42.7 Å². The van der Waals surface area contributed by atoms with Crippen LogP contribution in [-0.2, 0) is 7.05 Å².